The van der Waals surface area contributed by atoms with Crippen molar-refractivity contribution < 1.29 is 14.3 Å². The summed E-state index contributed by atoms with van der Waals surface area (Å²) < 4.78 is 5.59. The van der Waals surface area contributed by atoms with Gasteiger partial charge in [0, 0.05) is 17.6 Å². The summed E-state index contributed by atoms with van der Waals surface area (Å²) in [7, 11) is 0. The van der Waals surface area contributed by atoms with Gasteiger partial charge in [-0.1, -0.05) is 12.1 Å². The van der Waals surface area contributed by atoms with E-state index in [1.807, 2.05) is 17.2 Å². The van der Waals surface area contributed by atoms with E-state index in [1.54, 1.807) is 35.6 Å². The number of para-hydroxylation sites is 1. The third-order valence-corrected chi connectivity index (χ3v) is 5.21. The smallest absolute Gasteiger partial charge is 0.261 e. The number of thiazole rings is 1. The molecule has 0 radical (unpaired) electrons. The number of amides is 1. The molecule has 1 aromatic heterocycles. The van der Waals surface area contributed by atoms with Crippen molar-refractivity contribution in [2.75, 3.05) is 13.2 Å². The van der Waals surface area contributed by atoms with Gasteiger partial charge in [-0.2, -0.15) is 0 Å². The summed E-state index contributed by atoms with van der Waals surface area (Å²) in [5.41, 5.74) is 1.44. The fourth-order valence-electron chi connectivity index (χ4n) is 2.94. The summed E-state index contributed by atoms with van der Waals surface area (Å²) >= 11 is 1.61. The summed E-state index contributed by atoms with van der Waals surface area (Å²) in [6, 6.07) is 6.97. The van der Waals surface area contributed by atoms with Crippen LogP contribution in [0.3, 0.4) is 0 Å². The van der Waals surface area contributed by atoms with Crippen LogP contribution in [-0.4, -0.2) is 35.2 Å². The Hall–Kier alpha value is -2.21. The zero-order valence-corrected chi connectivity index (χ0v) is 14.4. The van der Waals surface area contributed by atoms with Crippen LogP contribution < -0.4 is 4.74 Å². The minimum atomic E-state index is -0.0638. The third-order valence-electron chi connectivity index (χ3n) is 4.14. The molecule has 6 heteroatoms. The number of piperidine rings is 1. The molecular weight excluding hydrogens is 324 g/mol. The van der Waals surface area contributed by atoms with E-state index in [2.05, 4.69) is 4.98 Å². The van der Waals surface area contributed by atoms with Crippen molar-refractivity contribution in [1.82, 2.24) is 9.88 Å². The molecule has 1 aliphatic heterocycles. The van der Waals surface area contributed by atoms with Crippen LogP contribution in [0.4, 0.5) is 0 Å². The number of aldehydes is 1. The highest BCUT2D eigenvalue weighted by Gasteiger charge is 2.30. The summed E-state index contributed by atoms with van der Waals surface area (Å²) in [6.45, 7) is 2.63. The quantitative estimate of drug-likeness (QED) is 0.780. The van der Waals surface area contributed by atoms with Gasteiger partial charge in [-0.15, -0.1) is 11.3 Å². The molecule has 1 saturated heterocycles. The molecule has 2 heterocycles. The maximum absolute atomic E-state index is 12.7. The van der Waals surface area contributed by atoms with Crippen LogP contribution in [0.1, 0.15) is 46.4 Å². The Kier molecular flexibility index (Phi) is 5.25. The van der Waals surface area contributed by atoms with Crippen molar-refractivity contribution in [1.29, 1.82) is 0 Å². The van der Waals surface area contributed by atoms with Gasteiger partial charge in [-0.05, 0) is 38.3 Å². The summed E-state index contributed by atoms with van der Waals surface area (Å²) in [5, 5.41) is 3.01. The van der Waals surface area contributed by atoms with E-state index in [4.69, 9.17) is 4.74 Å². The Balaban J connectivity index is 1.69. The van der Waals surface area contributed by atoms with Gasteiger partial charge in [-0.25, -0.2) is 4.98 Å². The monoisotopic (exact) mass is 344 g/mol. The van der Waals surface area contributed by atoms with E-state index in [9.17, 15) is 9.59 Å². The van der Waals surface area contributed by atoms with Crippen molar-refractivity contribution in [2.45, 2.75) is 32.2 Å². The zero-order chi connectivity index (χ0) is 16.9. The Morgan fingerprint density at radius 1 is 1.42 bits per heavy atom. The van der Waals surface area contributed by atoms with Crippen molar-refractivity contribution in [3.8, 4) is 5.75 Å². The van der Waals surface area contributed by atoms with Crippen LogP contribution in [0.15, 0.2) is 29.6 Å². The zero-order valence-electron chi connectivity index (χ0n) is 13.6. The Morgan fingerprint density at radius 2 is 2.25 bits per heavy atom. The average molecular weight is 344 g/mol. The molecule has 0 saturated carbocycles. The van der Waals surface area contributed by atoms with Gasteiger partial charge in [0.05, 0.1) is 11.6 Å². The van der Waals surface area contributed by atoms with Crippen LogP contribution >= 0.6 is 11.3 Å². The van der Waals surface area contributed by atoms with Gasteiger partial charge < -0.3 is 9.64 Å². The molecule has 1 unspecified atom stereocenters. The second-order valence-corrected chi connectivity index (χ2v) is 6.76. The first-order valence-corrected chi connectivity index (χ1v) is 8.95. The van der Waals surface area contributed by atoms with Crippen LogP contribution in [0.25, 0.3) is 0 Å². The standard InChI is InChI=1S/C18H20N2O3S/c1-13-12-24-18(19-13)15-7-4-5-9-20(15)17(22)11-23-16-8-3-2-6-14(16)10-21/h2-3,6,8,10,12,15H,4-5,7,9,11H2,1H3. The first-order valence-electron chi connectivity index (χ1n) is 8.07. The molecule has 0 aliphatic carbocycles. The third kappa shape index (κ3) is 3.64. The largest absolute Gasteiger partial charge is 0.483 e. The fraction of sp³-hybridized carbons (Fsp3) is 0.389. The molecule has 0 bridgehead atoms. The summed E-state index contributed by atoms with van der Waals surface area (Å²) in [4.78, 5) is 30.1. The Bertz CT molecular complexity index is 729. The molecular formula is C18H20N2O3S. The van der Waals surface area contributed by atoms with Crippen molar-refractivity contribution in [3.05, 3.63) is 45.9 Å². The number of hydrogen-bond donors (Lipinski definition) is 0. The number of benzene rings is 1. The van der Waals surface area contributed by atoms with Crippen molar-refractivity contribution in [3.63, 3.8) is 0 Å². The van der Waals surface area contributed by atoms with E-state index < -0.39 is 0 Å². The molecule has 2 aromatic rings. The highest BCUT2D eigenvalue weighted by Crippen LogP contribution is 2.32. The van der Waals surface area contributed by atoms with Crippen molar-refractivity contribution in [2.24, 2.45) is 0 Å². The lowest BCUT2D eigenvalue weighted by Crippen LogP contribution is -2.41. The first-order chi connectivity index (χ1) is 11.7. The van der Waals surface area contributed by atoms with E-state index in [-0.39, 0.29) is 18.6 Å². The lowest BCUT2D eigenvalue weighted by Gasteiger charge is -2.34. The number of carbonyl (C=O) groups excluding carboxylic acids is 2. The molecule has 0 spiro atoms. The summed E-state index contributed by atoms with van der Waals surface area (Å²) in [5.74, 6) is 0.382. The number of rotatable bonds is 5. The fourth-order valence-corrected chi connectivity index (χ4v) is 3.89. The molecule has 1 aliphatic rings. The molecule has 3 rings (SSSR count). The number of carbonyl (C=O) groups is 2. The molecule has 5 nitrogen and oxygen atoms in total. The Morgan fingerprint density at radius 3 is 3.00 bits per heavy atom. The molecule has 1 amide bonds. The molecule has 1 atom stereocenters. The van der Waals surface area contributed by atoms with Gasteiger partial charge in [-0.3, -0.25) is 9.59 Å². The maximum atomic E-state index is 12.7. The highest BCUT2D eigenvalue weighted by atomic mass is 32.1. The van der Waals surface area contributed by atoms with E-state index >= 15 is 0 Å². The van der Waals surface area contributed by atoms with E-state index in [1.165, 1.54) is 0 Å². The number of hydrogen-bond acceptors (Lipinski definition) is 5. The molecule has 1 aromatic carbocycles. The second kappa shape index (κ2) is 7.57. The van der Waals surface area contributed by atoms with Crippen LogP contribution in [-0.2, 0) is 4.79 Å². The van der Waals surface area contributed by atoms with Crippen LogP contribution in [0, 0.1) is 6.92 Å². The number of nitrogens with zero attached hydrogens (tertiary/aromatic N) is 2. The van der Waals surface area contributed by atoms with Gasteiger partial charge in [0.15, 0.2) is 12.9 Å². The number of aryl methyl sites for hydroxylation is 1. The highest BCUT2D eigenvalue weighted by molar-refractivity contribution is 7.09. The van der Waals surface area contributed by atoms with Crippen LogP contribution in [0.2, 0.25) is 0 Å². The predicted octanol–water partition coefficient (Wildman–Crippen LogP) is 3.40. The number of ether oxygens (including phenoxy) is 1. The molecule has 24 heavy (non-hydrogen) atoms. The van der Waals surface area contributed by atoms with Gasteiger partial charge in [0.2, 0.25) is 0 Å². The van der Waals surface area contributed by atoms with Gasteiger partial charge in [0.25, 0.3) is 5.91 Å². The number of aromatic nitrogens is 1. The lowest BCUT2D eigenvalue weighted by atomic mass is 10.0. The van der Waals surface area contributed by atoms with Gasteiger partial charge >= 0.3 is 0 Å². The summed E-state index contributed by atoms with van der Waals surface area (Å²) in [6.07, 6.45) is 3.77. The van der Waals surface area contributed by atoms with Crippen molar-refractivity contribution >= 4 is 23.5 Å². The normalized spacial score (nSPS) is 17.5. The SMILES string of the molecule is Cc1csc(C2CCCCN2C(=O)COc2ccccc2C=O)n1. The molecule has 126 valence electrons. The second-order valence-electron chi connectivity index (χ2n) is 5.87. The average Bonchev–Trinajstić information content (AvgIpc) is 3.06. The number of likely N-dealkylation sites (tertiary alicyclic amines) is 1. The maximum Gasteiger partial charge on any atom is 0.261 e. The first kappa shape index (κ1) is 16.6. The molecule has 1 fully saturated rings. The Labute approximate surface area is 145 Å². The van der Waals surface area contributed by atoms with Crippen LogP contribution in [0.5, 0.6) is 5.75 Å². The minimum absolute atomic E-state index is 0.0369. The topological polar surface area (TPSA) is 59.5 Å². The van der Waals surface area contributed by atoms with Gasteiger partial charge in [0.1, 0.15) is 10.8 Å². The van der Waals surface area contributed by atoms with E-state index in [0.29, 0.717) is 11.3 Å². The predicted molar refractivity (Wildman–Crippen MR) is 92.5 cm³/mol. The minimum Gasteiger partial charge on any atom is -0.483 e. The lowest BCUT2D eigenvalue weighted by molar-refractivity contribution is -0.137. The van der Waals surface area contributed by atoms with E-state index in [0.717, 1.165) is 42.8 Å². The molecule has 0 N–H and O–H groups in total.